The number of nitrogens with zero attached hydrogens (tertiary/aromatic N) is 4. The van der Waals surface area contributed by atoms with E-state index < -0.39 is 28.9 Å². The molecule has 3 rings (SSSR count). The second-order valence-electron chi connectivity index (χ2n) is 6.22. The summed E-state index contributed by atoms with van der Waals surface area (Å²) in [6.07, 6.45) is 5.96. The number of piperidine rings is 1. The summed E-state index contributed by atoms with van der Waals surface area (Å²) in [6.45, 7) is 2.50. The van der Waals surface area contributed by atoms with Gasteiger partial charge in [-0.25, -0.2) is 14.2 Å². The lowest BCUT2D eigenvalue weighted by Gasteiger charge is -2.26. The monoisotopic (exact) mass is 376 g/mol. The first-order chi connectivity index (χ1) is 12.9. The van der Waals surface area contributed by atoms with Crippen molar-refractivity contribution in [1.29, 1.82) is 0 Å². The third kappa shape index (κ3) is 3.69. The first-order valence-electron chi connectivity index (χ1n) is 8.58. The maximum atomic E-state index is 12.6. The SMILES string of the molecule is COC(=O)c1nc2n(CC(=O)N3CCCCC3)ccn2c(=O)c1OC(C)=O. The number of amides is 1. The van der Waals surface area contributed by atoms with Gasteiger partial charge in [0.2, 0.25) is 23.1 Å². The van der Waals surface area contributed by atoms with Gasteiger partial charge in [0, 0.05) is 32.4 Å². The molecule has 3 heterocycles. The highest BCUT2D eigenvalue weighted by molar-refractivity contribution is 5.91. The average molecular weight is 376 g/mol. The zero-order chi connectivity index (χ0) is 19.6. The summed E-state index contributed by atoms with van der Waals surface area (Å²) < 4.78 is 12.1. The summed E-state index contributed by atoms with van der Waals surface area (Å²) in [7, 11) is 1.13. The molecule has 2 aromatic heterocycles. The molecule has 2 aromatic rings. The normalized spacial score (nSPS) is 14.2. The van der Waals surface area contributed by atoms with Crippen molar-refractivity contribution in [2.75, 3.05) is 20.2 Å². The van der Waals surface area contributed by atoms with Gasteiger partial charge in [0.05, 0.1) is 7.11 Å². The van der Waals surface area contributed by atoms with Crippen LogP contribution in [0, 0.1) is 0 Å². The number of likely N-dealkylation sites (tertiary alicyclic amines) is 1. The van der Waals surface area contributed by atoms with E-state index in [0.29, 0.717) is 13.1 Å². The minimum Gasteiger partial charge on any atom is -0.464 e. The third-order valence-corrected chi connectivity index (χ3v) is 4.35. The number of carbonyl (C=O) groups is 3. The van der Waals surface area contributed by atoms with Crippen LogP contribution in [0.1, 0.15) is 36.7 Å². The van der Waals surface area contributed by atoms with Gasteiger partial charge >= 0.3 is 17.5 Å². The number of imidazole rings is 1. The Kier molecular flexibility index (Phi) is 5.24. The summed E-state index contributed by atoms with van der Waals surface area (Å²) in [5.74, 6) is -2.20. The van der Waals surface area contributed by atoms with Crippen molar-refractivity contribution in [2.24, 2.45) is 0 Å². The van der Waals surface area contributed by atoms with Crippen LogP contribution >= 0.6 is 0 Å². The number of esters is 2. The molecule has 0 saturated carbocycles. The standard InChI is InChI=1S/C17H20N4O6/c1-11(22)27-14-13(16(25)26-2)18-17-20(8-9-21(17)15(14)24)10-12(23)19-6-4-3-5-7-19/h8-9H,3-7,10H2,1-2H3. The lowest BCUT2D eigenvalue weighted by molar-refractivity contribution is -0.133. The molecular formula is C17H20N4O6. The molecule has 0 bridgehead atoms. The Hall–Kier alpha value is -3.17. The topological polar surface area (TPSA) is 112 Å². The largest absolute Gasteiger partial charge is 0.464 e. The van der Waals surface area contributed by atoms with Gasteiger partial charge in [-0.05, 0) is 19.3 Å². The maximum Gasteiger partial charge on any atom is 0.360 e. The van der Waals surface area contributed by atoms with Gasteiger partial charge in [0.25, 0.3) is 0 Å². The second kappa shape index (κ2) is 7.60. The van der Waals surface area contributed by atoms with Crippen LogP contribution in [0.3, 0.4) is 0 Å². The van der Waals surface area contributed by atoms with E-state index in [9.17, 15) is 19.2 Å². The Bertz CT molecular complexity index is 954. The smallest absolute Gasteiger partial charge is 0.360 e. The second-order valence-corrected chi connectivity index (χ2v) is 6.22. The van der Waals surface area contributed by atoms with Crippen LogP contribution in [0.15, 0.2) is 17.2 Å². The van der Waals surface area contributed by atoms with Crippen molar-refractivity contribution < 1.29 is 23.9 Å². The first kappa shape index (κ1) is 18.6. The zero-order valence-electron chi connectivity index (χ0n) is 15.1. The fourth-order valence-corrected chi connectivity index (χ4v) is 3.04. The van der Waals surface area contributed by atoms with Crippen LogP contribution in [0.4, 0.5) is 0 Å². The summed E-state index contributed by atoms with van der Waals surface area (Å²) in [4.78, 5) is 54.3. The van der Waals surface area contributed by atoms with E-state index in [-0.39, 0.29) is 18.2 Å². The van der Waals surface area contributed by atoms with Gasteiger partial charge in [-0.2, -0.15) is 0 Å². The van der Waals surface area contributed by atoms with E-state index in [1.54, 1.807) is 4.90 Å². The first-order valence-corrected chi connectivity index (χ1v) is 8.58. The van der Waals surface area contributed by atoms with Gasteiger partial charge in [0.15, 0.2) is 0 Å². The van der Waals surface area contributed by atoms with Gasteiger partial charge in [-0.15, -0.1) is 0 Å². The van der Waals surface area contributed by atoms with E-state index >= 15 is 0 Å². The highest BCUT2D eigenvalue weighted by atomic mass is 16.5. The van der Waals surface area contributed by atoms with E-state index in [1.165, 1.54) is 17.0 Å². The van der Waals surface area contributed by atoms with Crippen molar-refractivity contribution in [3.05, 3.63) is 28.4 Å². The molecule has 144 valence electrons. The number of methoxy groups -OCH3 is 1. The van der Waals surface area contributed by atoms with E-state index in [2.05, 4.69) is 9.72 Å². The molecule has 1 aliphatic rings. The lowest BCUT2D eigenvalue weighted by Crippen LogP contribution is -2.37. The molecule has 0 N–H and O–H groups in total. The molecule has 10 nitrogen and oxygen atoms in total. The molecule has 0 radical (unpaired) electrons. The molecule has 1 amide bonds. The van der Waals surface area contributed by atoms with E-state index in [1.807, 2.05) is 0 Å². The molecule has 1 saturated heterocycles. The Morgan fingerprint density at radius 2 is 1.85 bits per heavy atom. The lowest BCUT2D eigenvalue weighted by atomic mass is 10.1. The molecule has 0 spiro atoms. The summed E-state index contributed by atoms with van der Waals surface area (Å²) in [5, 5.41) is 0. The molecule has 27 heavy (non-hydrogen) atoms. The Morgan fingerprint density at radius 1 is 1.15 bits per heavy atom. The van der Waals surface area contributed by atoms with Crippen LogP contribution in [0.5, 0.6) is 5.75 Å². The fourth-order valence-electron chi connectivity index (χ4n) is 3.04. The number of ether oxygens (including phenoxy) is 2. The Labute approximate surface area is 154 Å². The van der Waals surface area contributed by atoms with Crippen molar-refractivity contribution in [3.8, 4) is 5.75 Å². The molecule has 0 unspecified atom stereocenters. The minimum absolute atomic E-state index is 0.0174. The van der Waals surface area contributed by atoms with Crippen molar-refractivity contribution >= 4 is 23.6 Å². The van der Waals surface area contributed by atoms with Crippen LogP contribution in [0.25, 0.3) is 5.78 Å². The summed E-state index contributed by atoms with van der Waals surface area (Å²) in [6, 6.07) is 0. The molecule has 10 heteroatoms. The van der Waals surface area contributed by atoms with Gasteiger partial charge < -0.3 is 18.9 Å². The van der Waals surface area contributed by atoms with Crippen molar-refractivity contribution in [1.82, 2.24) is 18.9 Å². The molecule has 0 aliphatic carbocycles. The van der Waals surface area contributed by atoms with Crippen LogP contribution in [0.2, 0.25) is 0 Å². The predicted molar refractivity (Wildman–Crippen MR) is 92.5 cm³/mol. The van der Waals surface area contributed by atoms with E-state index in [4.69, 9.17) is 4.74 Å². The molecule has 1 fully saturated rings. The van der Waals surface area contributed by atoms with Gasteiger partial charge in [-0.3, -0.25) is 14.4 Å². The summed E-state index contributed by atoms with van der Waals surface area (Å²) in [5.41, 5.74) is -1.15. The number of hydrogen-bond acceptors (Lipinski definition) is 7. The molecular weight excluding hydrogens is 356 g/mol. The molecule has 0 aromatic carbocycles. The van der Waals surface area contributed by atoms with Gasteiger partial charge in [0.1, 0.15) is 6.54 Å². The third-order valence-electron chi connectivity index (χ3n) is 4.35. The van der Waals surface area contributed by atoms with Crippen molar-refractivity contribution in [3.63, 3.8) is 0 Å². The van der Waals surface area contributed by atoms with Crippen molar-refractivity contribution in [2.45, 2.75) is 32.7 Å². The highest BCUT2D eigenvalue weighted by Gasteiger charge is 2.25. The number of fused-ring (bicyclic) bond motifs is 1. The number of aromatic nitrogens is 3. The number of rotatable bonds is 4. The molecule has 1 aliphatic heterocycles. The van der Waals surface area contributed by atoms with Crippen LogP contribution in [-0.4, -0.2) is 56.9 Å². The fraction of sp³-hybridized carbons (Fsp3) is 0.471. The predicted octanol–water partition coefficient (Wildman–Crippen LogP) is 0.220. The average Bonchev–Trinajstić information content (AvgIpc) is 3.06. The summed E-state index contributed by atoms with van der Waals surface area (Å²) >= 11 is 0. The Morgan fingerprint density at radius 3 is 2.48 bits per heavy atom. The molecule has 0 atom stereocenters. The Balaban J connectivity index is 2.02. The van der Waals surface area contributed by atoms with Crippen LogP contribution < -0.4 is 10.3 Å². The highest BCUT2D eigenvalue weighted by Crippen LogP contribution is 2.16. The number of carbonyl (C=O) groups excluding carboxylic acids is 3. The quantitative estimate of drug-likeness (QED) is 0.702. The minimum atomic E-state index is -0.916. The van der Waals surface area contributed by atoms with Crippen LogP contribution in [-0.2, 0) is 20.9 Å². The maximum absolute atomic E-state index is 12.6. The zero-order valence-corrected chi connectivity index (χ0v) is 15.1. The van der Waals surface area contributed by atoms with E-state index in [0.717, 1.165) is 37.7 Å². The number of hydrogen-bond donors (Lipinski definition) is 0. The van der Waals surface area contributed by atoms with Gasteiger partial charge in [-0.1, -0.05) is 0 Å².